The van der Waals surface area contributed by atoms with Crippen molar-refractivity contribution >= 4 is 18.1 Å². The fourth-order valence-electron chi connectivity index (χ4n) is 1.42. The van der Waals surface area contributed by atoms with Crippen LogP contribution in [0.4, 0.5) is 5.69 Å². The molecule has 0 saturated heterocycles. The Morgan fingerprint density at radius 2 is 2.19 bits per heavy atom. The molecule has 6 heteroatoms. The monoisotopic (exact) mass is 246 g/mol. The second kappa shape index (κ2) is 6.30. The van der Waals surface area contributed by atoms with Crippen molar-refractivity contribution in [3.05, 3.63) is 33.9 Å². The topological polar surface area (TPSA) is 89.4 Å². The number of nitrogens with two attached hydrogens (primary N) is 1. The molecular weight excluding hydrogens is 232 g/mol. The minimum atomic E-state index is -0.498. The average Bonchev–Trinajstić information content (AvgIpc) is 2.18. The molecule has 1 rings (SSSR count). The summed E-state index contributed by atoms with van der Waals surface area (Å²) in [6.45, 7) is 1.97. The van der Waals surface area contributed by atoms with Crippen molar-refractivity contribution in [1.29, 1.82) is 0 Å². The molecule has 0 heterocycles. The summed E-state index contributed by atoms with van der Waals surface area (Å²) in [5.74, 6) is 0.0153. The summed E-state index contributed by atoms with van der Waals surface area (Å²) >= 11 is 0. The van der Waals surface area contributed by atoms with E-state index in [1.54, 1.807) is 0 Å². The van der Waals surface area contributed by atoms with Crippen molar-refractivity contribution < 1.29 is 10.0 Å². The van der Waals surface area contributed by atoms with Gasteiger partial charge in [0.05, 0.1) is 4.92 Å². The van der Waals surface area contributed by atoms with Gasteiger partial charge in [-0.3, -0.25) is 10.1 Å². The highest BCUT2D eigenvalue weighted by molar-refractivity contribution is 5.85. The molecule has 5 nitrogen and oxygen atoms in total. The number of nitro groups is 1. The third kappa shape index (κ3) is 3.36. The molecule has 90 valence electrons. The minimum absolute atomic E-state index is 0. The number of halogens is 1. The highest BCUT2D eigenvalue weighted by Crippen LogP contribution is 2.29. The fraction of sp³-hybridized carbons (Fsp3) is 0.400. The lowest BCUT2D eigenvalue weighted by atomic mass is 10.0. The summed E-state index contributed by atoms with van der Waals surface area (Å²) in [5, 5.41) is 20.0. The number of nitrogens with zero attached hydrogens (tertiary/aromatic N) is 1. The number of nitro benzene ring substituents is 1. The summed E-state index contributed by atoms with van der Waals surface area (Å²) in [5.41, 5.74) is 6.18. The smallest absolute Gasteiger partial charge is 0.270 e. The largest absolute Gasteiger partial charge is 0.508 e. The number of hydrogen-bond acceptors (Lipinski definition) is 4. The number of phenolic OH excluding ortho intramolecular Hbond substituents is 1. The average molecular weight is 247 g/mol. The second-order valence-corrected chi connectivity index (χ2v) is 3.40. The van der Waals surface area contributed by atoms with Gasteiger partial charge in [-0.1, -0.05) is 13.3 Å². The first-order chi connectivity index (χ1) is 7.06. The molecule has 1 atom stereocenters. The summed E-state index contributed by atoms with van der Waals surface area (Å²) < 4.78 is 0. The number of aromatic hydroxyl groups is 1. The van der Waals surface area contributed by atoms with E-state index in [2.05, 4.69) is 0 Å². The first-order valence-electron chi connectivity index (χ1n) is 4.79. The molecule has 0 unspecified atom stereocenters. The van der Waals surface area contributed by atoms with Crippen LogP contribution in [0.15, 0.2) is 18.2 Å². The SMILES string of the molecule is CCC[C@@H](N)c1cc([N+](=O)[O-])ccc1O.Cl. The van der Waals surface area contributed by atoms with E-state index < -0.39 is 4.92 Å². The highest BCUT2D eigenvalue weighted by atomic mass is 35.5. The Balaban J connectivity index is 0.00000225. The van der Waals surface area contributed by atoms with Crippen LogP contribution in [0.1, 0.15) is 31.4 Å². The van der Waals surface area contributed by atoms with Crippen LogP contribution in [0, 0.1) is 10.1 Å². The minimum Gasteiger partial charge on any atom is -0.508 e. The van der Waals surface area contributed by atoms with Gasteiger partial charge in [0.15, 0.2) is 0 Å². The number of non-ortho nitro benzene ring substituents is 1. The van der Waals surface area contributed by atoms with Gasteiger partial charge in [0.1, 0.15) is 5.75 Å². The van der Waals surface area contributed by atoms with Gasteiger partial charge in [0.2, 0.25) is 0 Å². The molecule has 0 spiro atoms. The van der Waals surface area contributed by atoms with Crippen molar-refractivity contribution in [1.82, 2.24) is 0 Å². The highest BCUT2D eigenvalue weighted by Gasteiger charge is 2.15. The fourth-order valence-corrected chi connectivity index (χ4v) is 1.42. The number of hydrogen-bond donors (Lipinski definition) is 2. The second-order valence-electron chi connectivity index (χ2n) is 3.40. The van der Waals surface area contributed by atoms with E-state index >= 15 is 0 Å². The molecule has 0 amide bonds. The van der Waals surface area contributed by atoms with Crippen LogP contribution in [-0.2, 0) is 0 Å². The summed E-state index contributed by atoms with van der Waals surface area (Å²) in [6, 6.07) is 3.55. The first kappa shape index (κ1) is 14.7. The first-order valence-corrected chi connectivity index (χ1v) is 4.79. The number of rotatable bonds is 4. The lowest BCUT2D eigenvalue weighted by Gasteiger charge is -2.11. The molecule has 3 N–H and O–H groups in total. The quantitative estimate of drug-likeness (QED) is 0.631. The molecule has 0 aliphatic heterocycles. The molecule has 0 radical (unpaired) electrons. The Morgan fingerprint density at radius 1 is 1.56 bits per heavy atom. The third-order valence-corrected chi connectivity index (χ3v) is 2.22. The summed E-state index contributed by atoms with van der Waals surface area (Å²) in [7, 11) is 0. The van der Waals surface area contributed by atoms with E-state index in [4.69, 9.17) is 5.73 Å². The van der Waals surface area contributed by atoms with Crippen LogP contribution in [0.3, 0.4) is 0 Å². The van der Waals surface area contributed by atoms with E-state index in [0.29, 0.717) is 12.0 Å². The van der Waals surface area contributed by atoms with Crippen molar-refractivity contribution in [2.24, 2.45) is 5.73 Å². The van der Waals surface area contributed by atoms with Crippen LogP contribution < -0.4 is 5.73 Å². The maximum atomic E-state index is 10.5. The lowest BCUT2D eigenvalue weighted by Crippen LogP contribution is -2.10. The Morgan fingerprint density at radius 3 is 2.69 bits per heavy atom. The third-order valence-electron chi connectivity index (χ3n) is 2.22. The molecular formula is C10H15ClN2O3. The van der Waals surface area contributed by atoms with Gasteiger partial charge in [0, 0.05) is 23.7 Å². The Kier molecular flexibility index (Phi) is 5.77. The molecule has 1 aromatic carbocycles. The molecule has 0 aliphatic rings. The normalized spacial score (nSPS) is 11.6. The van der Waals surface area contributed by atoms with Gasteiger partial charge < -0.3 is 10.8 Å². The zero-order valence-corrected chi connectivity index (χ0v) is 9.74. The zero-order valence-electron chi connectivity index (χ0n) is 8.92. The molecule has 0 aliphatic carbocycles. The van der Waals surface area contributed by atoms with Crippen LogP contribution >= 0.6 is 12.4 Å². The van der Waals surface area contributed by atoms with Crippen LogP contribution in [0.5, 0.6) is 5.75 Å². The van der Waals surface area contributed by atoms with Gasteiger partial charge in [-0.15, -0.1) is 12.4 Å². The Bertz CT molecular complexity index is 371. The molecule has 1 aromatic rings. The molecule has 0 bridgehead atoms. The molecule has 0 saturated carbocycles. The predicted octanol–water partition coefficient (Wildman–Crippen LogP) is 2.52. The molecule has 0 fully saturated rings. The summed E-state index contributed by atoms with van der Waals surface area (Å²) in [6.07, 6.45) is 1.55. The zero-order chi connectivity index (χ0) is 11.4. The van der Waals surface area contributed by atoms with Crippen molar-refractivity contribution in [2.45, 2.75) is 25.8 Å². The van der Waals surface area contributed by atoms with E-state index in [0.717, 1.165) is 6.42 Å². The maximum absolute atomic E-state index is 10.5. The van der Waals surface area contributed by atoms with Crippen molar-refractivity contribution in [3.63, 3.8) is 0 Å². The van der Waals surface area contributed by atoms with Crippen LogP contribution in [-0.4, -0.2) is 10.0 Å². The lowest BCUT2D eigenvalue weighted by molar-refractivity contribution is -0.385. The Labute approximate surface area is 99.8 Å². The van der Waals surface area contributed by atoms with Gasteiger partial charge in [-0.2, -0.15) is 0 Å². The van der Waals surface area contributed by atoms with Crippen molar-refractivity contribution in [2.75, 3.05) is 0 Å². The van der Waals surface area contributed by atoms with Gasteiger partial charge in [-0.25, -0.2) is 0 Å². The Hall–Kier alpha value is -1.33. The van der Waals surface area contributed by atoms with E-state index in [-0.39, 0.29) is 29.9 Å². The number of phenols is 1. The molecule has 16 heavy (non-hydrogen) atoms. The predicted molar refractivity (Wildman–Crippen MR) is 63.8 cm³/mol. The standard InChI is InChI=1S/C10H14N2O3.ClH/c1-2-3-9(11)8-6-7(12(14)15)4-5-10(8)13;/h4-6,9,13H,2-3,11H2,1H3;1H/t9-;/m1./s1. The summed E-state index contributed by atoms with van der Waals surface area (Å²) in [4.78, 5) is 10.0. The van der Waals surface area contributed by atoms with Gasteiger partial charge >= 0.3 is 0 Å². The van der Waals surface area contributed by atoms with Crippen LogP contribution in [0.25, 0.3) is 0 Å². The van der Waals surface area contributed by atoms with E-state index in [1.807, 2.05) is 6.92 Å². The number of benzene rings is 1. The maximum Gasteiger partial charge on any atom is 0.270 e. The van der Waals surface area contributed by atoms with E-state index in [1.165, 1.54) is 18.2 Å². The van der Waals surface area contributed by atoms with Gasteiger partial charge in [-0.05, 0) is 12.5 Å². The van der Waals surface area contributed by atoms with E-state index in [9.17, 15) is 15.2 Å². The molecule has 0 aromatic heterocycles. The van der Waals surface area contributed by atoms with Crippen molar-refractivity contribution in [3.8, 4) is 5.75 Å². The van der Waals surface area contributed by atoms with Gasteiger partial charge in [0.25, 0.3) is 5.69 Å². The van der Waals surface area contributed by atoms with Crippen LogP contribution in [0.2, 0.25) is 0 Å².